The minimum Gasteiger partial charge on any atom is -0.368 e. The molecule has 0 aliphatic rings. The average Bonchev–Trinajstić information content (AvgIpc) is 3.43. The summed E-state index contributed by atoms with van der Waals surface area (Å²) in [5, 5.41) is 6.16. The fraction of sp³-hybridized carbons (Fsp3) is 0.182. The topological polar surface area (TPSA) is 89.7 Å². The van der Waals surface area contributed by atoms with Crippen molar-refractivity contribution in [1.82, 2.24) is 29.4 Å². The molecular formula is C22H23N7O. The largest absolute Gasteiger partial charge is 0.368 e. The van der Waals surface area contributed by atoms with Crippen LogP contribution in [-0.4, -0.2) is 43.1 Å². The number of benzene rings is 1. The SMILES string of the molecule is Cc1nc(NCCNC(=O)c2ccc(-n3cccc3)cc2)cc(-n2ccnc2C)n1. The Morgan fingerprint density at radius 3 is 2.47 bits per heavy atom. The molecule has 152 valence electrons. The van der Waals surface area contributed by atoms with Crippen molar-refractivity contribution in [3.63, 3.8) is 0 Å². The summed E-state index contributed by atoms with van der Waals surface area (Å²) < 4.78 is 3.90. The van der Waals surface area contributed by atoms with Crippen molar-refractivity contribution in [2.75, 3.05) is 18.4 Å². The maximum absolute atomic E-state index is 12.4. The van der Waals surface area contributed by atoms with E-state index in [1.54, 1.807) is 6.20 Å². The molecule has 1 amide bonds. The molecule has 30 heavy (non-hydrogen) atoms. The van der Waals surface area contributed by atoms with E-state index in [0.717, 1.165) is 17.3 Å². The molecule has 0 aliphatic heterocycles. The van der Waals surface area contributed by atoms with Gasteiger partial charge in [-0.3, -0.25) is 9.36 Å². The van der Waals surface area contributed by atoms with Gasteiger partial charge in [-0.25, -0.2) is 15.0 Å². The van der Waals surface area contributed by atoms with Crippen LogP contribution in [0, 0.1) is 13.8 Å². The molecule has 2 N–H and O–H groups in total. The molecule has 0 atom stereocenters. The Kier molecular flexibility index (Phi) is 5.56. The molecule has 4 rings (SSSR count). The monoisotopic (exact) mass is 401 g/mol. The second-order valence-electron chi connectivity index (χ2n) is 6.82. The van der Waals surface area contributed by atoms with Gasteiger partial charge in [0.25, 0.3) is 5.91 Å². The van der Waals surface area contributed by atoms with Crippen LogP contribution in [0.5, 0.6) is 0 Å². The molecule has 3 aromatic heterocycles. The van der Waals surface area contributed by atoms with Crippen molar-refractivity contribution in [1.29, 1.82) is 0 Å². The second kappa shape index (κ2) is 8.60. The summed E-state index contributed by atoms with van der Waals surface area (Å²) in [6.45, 7) is 4.79. The van der Waals surface area contributed by atoms with Crippen LogP contribution in [0.1, 0.15) is 22.0 Å². The maximum Gasteiger partial charge on any atom is 0.251 e. The van der Waals surface area contributed by atoms with E-state index in [0.29, 0.717) is 30.3 Å². The molecule has 0 saturated carbocycles. The number of hydrogen-bond acceptors (Lipinski definition) is 5. The lowest BCUT2D eigenvalue weighted by atomic mass is 10.2. The van der Waals surface area contributed by atoms with Crippen LogP contribution in [0.2, 0.25) is 0 Å². The highest BCUT2D eigenvalue weighted by atomic mass is 16.1. The molecule has 4 aromatic rings. The fourth-order valence-electron chi connectivity index (χ4n) is 3.15. The molecule has 0 radical (unpaired) electrons. The van der Waals surface area contributed by atoms with E-state index < -0.39 is 0 Å². The van der Waals surface area contributed by atoms with E-state index >= 15 is 0 Å². The lowest BCUT2D eigenvalue weighted by molar-refractivity contribution is 0.0955. The molecule has 0 bridgehead atoms. The van der Waals surface area contributed by atoms with Crippen molar-refractivity contribution in [2.24, 2.45) is 0 Å². The number of nitrogens with zero attached hydrogens (tertiary/aromatic N) is 5. The first-order valence-corrected chi connectivity index (χ1v) is 9.71. The van der Waals surface area contributed by atoms with Gasteiger partial charge in [0.05, 0.1) is 0 Å². The summed E-state index contributed by atoms with van der Waals surface area (Å²) in [5.41, 5.74) is 1.64. The predicted molar refractivity (Wildman–Crippen MR) is 115 cm³/mol. The van der Waals surface area contributed by atoms with Gasteiger partial charge in [0.1, 0.15) is 23.3 Å². The quantitative estimate of drug-likeness (QED) is 0.465. The number of carbonyl (C=O) groups excluding carboxylic acids is 1. The summed E-state index contributed by atoms with van der Waals surface area (Å²) in [5.74, 6) is 2.87. The summed E-state index contributed by atoms with van der Waals surface area (Å²) in [7, 11) is 0. The molecule has 0 unspecified atom stereocenters. The van der Waals surface area contributed by atoms with Crippen molar-refractivity contribution in [3.8, 4) is 11.5 Å². The number of aromatic nitrogens is 5. The van der Waals surface area contributed by atoms with Gasteiger partial charge in [-0.05, 0) is 50.2 Å². The first-order chi connectivity index (χ1) is 14.6. The predicted octanol–water partition coefficient (Wildman–Crippen LogP) is 2.91. The van der Waals surface area contributed by atoms with E-state index in [-0.39, 0.29) is 5.91 Å². The lowest BCUT2D eigenvalue weighted by Gasteiger charge is -2.11. The average molecular weight is 401 g/mol. The summed E-state index contributed by atoms with van der Waals surface area (Å²) in [4.78, 5) is 25.5. The molecular weight excluding hydrogens is 378 g/mol. The van der Waals surface area contributed by atoms with Gasteiger partial charge in [-0.2, -0.15) is 0 Å². The van der Waals surface area contributed by atoms with Crippen LogP contribution in [0.3, 0.4) is 0 Å². The van der Waals surface area contributed by atoms with Gasteiger partial charge in [-0.15, -0.1) is 0 Å². The highest BCUT2D eigenvalue weighted by Gasteiger charge is 2.07. The van der Waals surface area contributed by atoms with Crippen LogP contribution in [0.15, 0.2) is 67.3 Å². The molecule has 0 fully saturated rings. The minimum absolute atomic E-state index is 0.107. The van der Waals surface area contributed by atoms with Crippen molar-refractivity contribution in [3.05, 3.63) is 84.5 Å². The first-order valence-electron chi connectivity index (χ1n) is 9.71. The maximum atomic E-state index is 12.4. The third kappa shape index (κ3) is 4.38. The van der Waals surface area contributed by atoms with E-state index in [9.17, 15) is 4.79 Å². The number of anilines is 1. The Morgan fingerprint density at radius 2 is 1.77 bits per heavy atom. The van der Waals surface area contributed by atoms with Gasteiger partial charge in [0.15, 0.2) is 0 Å². The van der Waals surface area contributed by atoms with Gasteiger partial charge < -0.3 is 15.2 Å². The Morgan fingerprint density at radius 1 is 1.00 bits per heavy atom. The Hall–Kier alpha value is -3.94. The second-order valence-corrected chi connectivity index (χ2v) is 6.82. The number of hydrogen-bond donors (Lipinski definition) is 2. The normalized spacial score (nSPS) is 10.7. The zero-order valence-corrected chi connectivity index (χ0v) is 16.9. The number of carbonyl (C=O) groups is 1. The molecule has 1 aromatic carbocycles. The number of imidazole rings is 1. The van der Waals surface area contributed by atoms with E-state index in [1.807, 2.05) is 84.0 Å². The highest BCUT2D eigenvalue weighted by molar-refractivity contribution is 5.94. The number of aryl methyl sites for hydroxylation is 2. The highest BCUT2D eigenvalue weighted by Crippen LogP contribution is 2.13. The molecule has 3 heterocycles. The van der Waals surface area contributed by atoms with Gasteiger partial charge in [0, 0.05) is 55.2 Å². The third-order valence-electron chi connectivity index (χ3n) is 4.65. The summed E-state index contributed by atoms with van der Waals surface area (Å²) in [6, 6.07) is 13.3. The number of rotatable bonds is 7. The van der Waals surface area contributed by atoms with Crippen LogP contribution in [0.4, 0.5) is 5.82 Å². The molecule has 0 spiro atoms. The van der Waals surface area contributed by atoms with E-state index in [4.69, 9.17) is 0 Å². The van der Waals surface area contributed by atoms with Gasteiger partial charge >= 0.3 is 0 Å². The summed E-state index contributed by atoms with van der Waals surface area (Å²) in [6.07, 6.45) is 7.54. The zero-order valence-electron chi connectivity index (χ0n) is 16.9. The summed E-state index contributed by atoms with van der Waals surface area (Å²) >= 11 is 0. The zero-order chi connectivity index (χ0) is 20.9. The van der Waals surface area contributed by atoms with Gasteiger partial charge in [0.2, 0.25) is 0 Å². The van der Waals surface area contributed by atoms with E-state index in [2.05, 4.69) is 25.6 Å². The van der Waals surface area contributed by atoms with Crippen molar-refractivity contribution < 1.29 is 4.79 Å². The van der Waals surface area contributed by atoms with Crippen LogP contribution < -0.4 is 10.6 Å². The van der Waals surface area contributed by atoms with Crippen molar-refractivity contribution >= 4 is 11.7 Å². The van der Waals surface area contributed by atoms with Crippen LogP contribution >= 0.6 is 0 Å². The van der Waals surface area contributed by atoms with Gasteiger partial charge in [-0.1, -0.05) is 0 Å². The van der Waals surface area contributed by atoms with Crippen LogP contribution in [-0.2, 0) is 0 Å². The molecule has 8 heteroatoms. The Balaban J connectivity index is 1.31. The standard InChI is InChI=1S/C22H23N7O/c1-16-26-20(15-21(27-16)29-14-11-23-17(29)2)24-9-10-25-22(30)18-5-7-19(8-6-18)28-12-3-4-13-28/h3-8,11-15H,9-10H2,1-2H3,(H,25,30)(H,24,26,27). The lowest BCUT2D eigenvalue weighted by Crippen LogP contribution is -2.29. The molecule has 0 aliphatic carbocycles. The van der Waals surface area contributed by atoms with E-state index in [1.165, 1.54) is 0 Å². The van der Waals surface area contributed by atoms with Crippen LogP contribution in [0.25, 0.3) is 11.5 Å². The number of nitrogens with one attached hydrogen (secondary N) is 2. The Bertz CT molecular complexity index is 1130. The number of amides is 1. The minimum atomic E-state index is -0.107. The molecule has 8 nitrogen and oxygen atoms in total. The Labute approximate surface area is 174 Å². The third-order valence-corrected chi connectivity index (χ3v) is 4.65. The van der Waals surface area contributed by atoms with Crippen molar-refractivity contribution in [2.45, 2.75) is 13.8 Å². The molecule has 0 saturated heterocycles. The first kappa shape index (κ1) is 19.4. The fourth-order valence-corrected chi connectivity index (χ4v) is 3.15. The smallest absolute Gasteiger partial charge is 0.251 e.